The first-order valence-electron chi connectivity index (χ1n) is 18.5. The molecule has 0 aliphatic heterocycles. The lowest BCUT2D eigenvalue weighted by Crippen LogP contribution is -1.91. The van der Waals surface area contributed by atoms with E-state index in [4.69, 9.17) is 0 Å². The topological polar surface area (TPSA) is 0 Å². The summed E-state index contributed by atoms with van der Waals surface area (Å²) in [7, 11) is 0. The maximum Gasteiger partial charge on any atom is 0.0448 e. The van der Waals surface area contributed by atoms with Gasteiger partial charge in [-0.25, -0.2) is 0 Å². The summed E-state index contributed by atoms with van der Waals surface area (Å²) >= 11 is 3.86. The number of hydrogen-bond donors (Lipinski definition) is 0. The highest BCUT2D eigenvalue weighted by atomic mass is 32.1. The maximum atomic E-state index is 2.43. The Bertz CT molecular complexity index is 3430. The average Bonchev–Trinajstić information content (AvgIpc) is 3.80. The van der Waals surface area contributed by atoms with Crippen molar-refractivity contribution in [2.24, 2.45) is 0 Å². The van der Waals surface area contributed by atoms with E-state index in [1.807, 2.05) is 22.7 Å². The van der Waals surface area contributed by atoms with Crippen molar-refractivity contribution in [3.8, 4) is 33.4 Å². The van der Waals surface area contributed by atoms with Crippen LogP contribution in [-0.4, -0.2) is 0 Å². The molecule has 12 aromatic rings. The van der Waals surface area contributed by atoms with Gasteiger partial charge in [0.25, 0.3) is 0 Å². The van der Waals surface area contributed by atoms with Gasteiger partial charge in [0.05, 0.1) is 0 Å². The molecule has 2 heteroatoms. The Kier molecular flexibility index (Phi) is 6.48. The first-order valence-corrected chi connectivity index (χ1v) is 20.1. The van der Waals surface area contributed by atoms with Crippen LogP contribution in [0.4, 0.5) is 0 Å². The largest absolute Gasteiger partial charge is 0.134 e. The Labute approximate surface area is 319 Å². The van der Waals surface area contributed by atoms with Crippen LogP contribution in [0.15, 0.2) is 182 Å². The molecule has 0 bridgehead atoms. The Morgan fingerprint density at radius 1 is 0.259 bits per heavy atom. The lowest BCUT2D eigenvalue weighted by atomic mass is 9.85. The summed E-state index contributed by atoms with van der Waals surface area (Å²) in [5.74, 6) is 0. The molecule has 0 unspecified atom stereocenters. The molecule has 0 saturated carbocycles. The van der Waals surface area contributed by atoms with Crippen molar-refractivity contribution in [3.05, 3.63) is 182 Å². The van der Waals surface area contributed by atoms with Crippen molar-refractivity contribution >= 4 is 106 Å². The fraction of sp³-hybridized carbons (Fsp3) is 0. The lowest BCUT2D eigenvalue weighted by molar-refractivity contribution is 1.66. The summed E-state index contributed by atoms with van der Waals surface area (Å²) in [4.78, 5) is 0. The Morgan fingerprint density at radius 2 is 0.796 bits per heavy atom. The standard InChI is InChI=1S/C52H30S2/c1-2-12-31(13-3-1)47-39-17-6-8-19-41(39)48(42-20-9-7-18-40(42)47)35-24-22-33-29-36(25-23-32(33)28-35)49-37-15-5-4-14-34(37)30-44-50-46(54-52(44)49)27-26-43-38-16-10-11-21-45(38)53-51(43)50/h1-30H. The van der Waals surface area contributed by atoms with Crippen LogP contribution in [0.25, 0.3) is 117 Å². The fourth-order valence-electron chi connectivity index (χ4n) is 9.04. The molecule has 2 aromatic heterocycles. The van der Waals surface area contributed by atoms with E-state index in [0.717, 1.165) is 0 Å². The quantitative estimate of drug-likeness (QED) is 0.160. The average molecular weight is 719 g/mol. The van der Waals surface area contributed by atoms with Crippen molar-refractivity contribution in [1.82, 2.24) is 0 Å². The summed E-state index contributed by atoms with van der Waals surface area (Å²) < 4.78 is 5.45. The zero-order chi connectivity index (χ0) is 35.3. The van der Waals surface area contributed by atoms with E-state index in [1.165, 1.54) is 117 Å². The number of thiophene rings is 2. The predicted molar refractivity (Wildman–Crippen MR) is 239 cm³/mol. The highest BCUT2D eigenvalue weighted by Gasteiger charge is 2.20. The van der Waals surface area contributed by atoms with Gasteiger partial charge in [-0.15, -0.1) is 22.7 Å². The third-order valence-corrected chi connectivity index (χ3v) is 13.8. The molecule has 2 heterocycles. The van der Waals surface area contributed by atoms with Gasteiger partial charge in [-0.2, -0.15) is 0 Å². The third-order valence-electron chi connectivity index (χ3n) is 11.4. The van der Waals surface area contributed by atoms with Gasteiger partial charge in [0.15, 0.2) is 0 Å². The van der Waals surface area contributed by atoms with Gasteiger partial charge in [0.2, 0.25) is 0 Å². The van der Waals surface area contributed by atoms with Gasteiger partial charge in [-0.3, -0.25) is 0 Å². The van der Waals surface area contributed by atoms with E-state index in [2.05, 4.69) is 182 Å². The molecule has 0 nitrogen and oxygen atoms in total. The molecule has 0 fully saturated rings. The van der Waals surface area contributed by atoms with Crippen molar-refractivity contribution in [2.45, 2.75) is 0 Å². The molecule has 0 N–H and O–H groups in total. The first kappa shape index (κ1) is 30.2. The monoisotopic (exact) mass is 718 g/mol. The molecule has 0 aliphatic rings. The summed E-state index contributed by atoms with van der Waals surface area (Å²) in [5.41, 5.74) is 7.67. The molecular weight excluding hydrogens is 689 g/mol. The normalized spacial score (nSPS) is 12.1. The number of fused-ring (bicyclic) bond motifs is 11. The zero-order valence-electron chi connectivity index (χ0n) is 29.1. The van der Waals surface area contributed by atoms with Crippen LogP contribution in [0, 0.1) is 0 Å². The lowest BCUT2D eigenvalue weighted by Gasteiger charge is -2.18. The maximum absolute atomic E-state index is 2.43. The minimum absolute atomic E-state index is 1.24. The summed E-state index contributed by atoms with van der Waals surface area (Å²) in [5, 5.41) is 15.7. The SMILES string of the molecule is c1ccc(-c2c3ccccc3c(-c3ccc4cc(-c5c6ccccc6cc6c5sc5ccc7c8ccccc8sc7c56)ccc4c3)c3ccccc23)cc1. The molecule has 0 saturated heterocycles. The Hall–Kier alpha value is -6.32. The van der Waals surface area contributed by atoms with Crippen molar-refractivity contribution in [3.63, 3.8) is 0 Å². The van der Waals surface area contributed by atoms with Crippen LogP contribution in [0.2, 0.25) is 0 Å². The summed E-state index contributed by atoms with van der Waals surface area (Å²) in [6, 6.07) is 67.7. The molecule has 0 aliphatic carbocycles. The third kappa shape index (κ3) is 4.36. The van der Waals surface area contributed by atoms with Gasteiger partial charge < -0.3 is 0 Å². The minimum atomic E-state index is 1.24. The second-order valence-corrected chi connectivity index (χ2v) is 16.5. The molecule has 12 rings (SSSR count). The van der Waals surface area contributed by atoms with Crippen LogP contribution in [0.5, 0.6) is 0 Å². The predicted octanol–water partition coefficient (Wildman–Crippen LogP) is 16.0. The first-order chi connectivity index (χ1) is 26.8. The van der Waals surface area contributed by atoms with Gasteiger partial charge in [0, 0.05) is 45.9 Å². The molecule has 250 valence electrons. The highest BCUT2D eigenvalue weighted by molar-refractivity contribution is 7.30. The summed E-state index contributed by atoms with van der Waals surface area (Å²) in [6.45, 7) is 0. The van der Waals surface area contributed by atoms with Crippen LogP contribution < -0.4 is 0 Å². The molecule has 10 aromatic carbocycles. The summed E-state index contributed by atoms with van der Waals surface area (Å²) in [6.07, 6.45) is 0. The van der Waals surface area contributed by atoms with Gasteiger partial charge in [-0.1, -0.05) is 152 Å². The van der Waals surface area contributed by atoms with Gasteiger partial charge >= 0.3 is 0 Å². The van der Waals surface area contributed by atoms with Crippen LogP contribution >= 0.6 is 22.7 Å². The van der Waals surface area contributed by atoms with Gasteiger partial charge in [0.1, 0.15) is 0 Å². The van der Waals surface area contributed by atoms with Crippen LogP contribution in [0.3, 0.4) is 0 Å². The van der Waals surface area contributed by atoms with Crippen LogP contribution in [-0.2, 0) is 0 Å². The van der Waals surface area contributed by atoms with E-state index in [-0.39, 0.29) is 0 Å². The smallest absolute Gasteiger partial charge is 0.0448 e. The highest BCUT2D eigenvalue weighted by Crippen LogP contribution is 2.50. The van der Waals surface area contributed by atoms with E-state index in [1.54, 1.807) is 0 Å². The second kappa shape index (κ2) is 11.6. The van der Waals surface area contributed by atoms with Crippen LogP contribution in [0.1, 0.15) is 0 Å². The molecule has 0 atom stereocenters. The Morgan fingerprint density at radius 3 is 1.48 bits per heavy atom. The zero-order valence-corrected chi connectivity index (χ0v) is 30.8. The number of hydrogen-bond acceptors (Lipinski definition) is 2. The van der Waals surface area contributed by atoms with Crippen molar-refractivity contribution in [2.75, 3.05) is 0 Å². The fourth-order valence-corrected chi connectivity index (χ4v) is 11.6. The van der Waals surface area contributed by atoms with E-state index in [0.29, 0.717) is 0 Å². The van der Waals surface area contributed by atoms with E-state index < -0.39 is 0 Å². The Balaban J connectivity index is 1.08. The number of benzene rings is 10. The van der Waals surface area contributed by atoms with Crippen molar-refractivity contribution in [1.29, 1.82) is 0 Å². The molecule has 0 spiro atoms. The van der Waals surface area contributed by atoms with E-state index >= 15 is 0 Å². The molecular formula is C52H30S2. The minimum Gasteiger partial charge on any atom is -0.134 e. The molecule has 0 amide bonds. The molecule has 0 radical (unpaired) electrons. The van der Waals surface area contributed by atoms with Gasteiger partial charge in [-0.05, 0) is 101 Å². The second-order valence-electron chi connectivity index (χ2n) is 14.3. The molecule has 54 heavy (non-hydrogen) atoms. The number of rotatable bonds is 3. The van der Waals surface area contributed by atoms with E-state index in [9.17, 15) is 0 Å². The van der Waals surface area contributed by atoms with Crippen molar-refractivity contribution < 1.29 is 0 Å².